The van der Waals surface area contributed by atoms with Crippen molar-refractivity contribution in [2.24, 2.45) is 0 Å². The SMILES string of the molecule is Cc1ccccc1S(=O)(=O)Nc1ccc(F)c(Br)c1. The molecule has 2 aromatic rings. The first-order valence-electron chi connectivity index (χ1n) is 5.43. The van der Waals surface area contributed by atoms with E-state index in [0.29, 0.717) is 11.3 Å². The van der Waals surface area contributed by atoms with Gasteiger partial charge in [-0.15, -0.1) is 0 Å². The van der Waals surface area contributed by atoms with Crippen LogP contribution in [0.15, 0.2) is 51.8 Å². The van der Waals surface area contributed by atoms with Crippen molar-refractivity contribution in [1.82, 2.24) is 0 Å². The molecule has 0 saturated carbocycles. The predicted molar refractivity (Wildman–Crippen MR) is 76.1 cm³/mol. The van der Waals surface area contributed by atoms with Crippen LogP contribution in [0.2, 0.25) is 0 Å². The Morgan fingerprint density at radius 1 is 1.16 bits per heavy atom. The zero-order chi connectivity index (χ0) is 14.0. The summed E-state index contributed by atoms with van der Waals surface area (Å²) in [4.78, 5) is 0.204. The van der Waals surface area contributed by atoms with E-state index in [9.17, 15) is 12.8 Å². The van der Waals surface area contributed by atoms with Crippen LogP contribution >= 0.6 is 15.9 Å². The van der Waals surface area contributed by atoms with Gasteiger partial charge in [-0.25, -0.2) is 12.8 Å². The summed E-state index contributed by atoms with van der Waals surface area (Å²) in [5, 5.41) is 0. The number of benzene rings is 2. The summed E-state index contributed by atoms with van der Waals surface area (Å²) in [6.45, 7) is 1.72. The molecule has 0 radical (unpaired) electrons. The fourth-order valence-corrected chi connectivity index (χ4v) is 3.30. The second-order valence-corrected chi connectivity index (χ2v) is 6.51. The quantitative estimate of drug-likeness (QED) is 0.923. The molecule has 6 heteroatoms. The molecule has 0 heterocycles. The van der Waals surface area contributed by atoms with Crippen LogP contribution in [-0.4, -0.2) is 8.42 Å². The van der Waals surface area contributed by atoms with Gasteiger partial charge in [0.2, 0.25) is 0 Å². The molecule has 0 unspecified atom stereocenters. The Hall–Kier alpha value is -1.40. The van der Waals surface area contributed by atoms with E-state index in [1.165, 1.54) is 24.3 Å². The average molecular weight is 344 g/mol. The van der Waals surface area contributed by atoms with E-state index in [2.05, 4.69) is 20.7 Å². The Balaban J connectivity index is 2.37. The van der Waals surface area contributed by atoms with Crippen LogP contribution in [-0.2, 0) is 10.0 Å². The molecule has 0 saturated heterocycles. The van der Waals surface area contributed by atoms with Gasteiger partial charge in [-0.1, -0.05) is 18.2 Å². The van der Waals surface area contributed by atoms with Crippen molar-refractivity contribution in [3.05, 3.63) is 58.3 Å². The summed E-state index contributed by atoms with van der Waals surface area (Å²) in [5.74, 6) is -0.446. The number of hydrogen-bond donors (Lipinski definition) is 1. The third-order valence-corrected chi connectivity index (χ3v) is 4.70. The number of anilines is 1. The Kier molecular flexibility index (Phi) is 3.91. The summed E-state index contributed by atoms with van der Waals surface area (Å²) >= 11 is 3.01. The molecule has 3 nitrogen and oxygen atoms in total. The monoisotopic (exact) mass is 343 g/mol. The van der Waals surface area contributed by atoms with Gasteiger partial charge in [0.15, 0.2) is 0 Å². The van der Waals surface area contributed by atoms with Gasteiger partial charge in [0, 0.05) is 0 Å². The van der Waals surface area contributed by atoms with Gasteiger partial charge in [-0.05, 0) is 52.7 Å². The third-order valence-electron chi connectivity index (χ3n) is 2.55. The molecule has 100 valence electrons. The van der Waals surface area contributed by atoms with Gasteiger partial charge in [0.05, 0.1) is 15.1 Å². The molecule has 2 aromatic carbocycles. The molecule has 0 aliphatic carbocycles. The van der Waals surface area contributed by atoms with Gasteiger partial charge in [-0.3, -0.25) is 4.72 Å². The number of aryl methyl sites for hydroxylation is 1. The maximum atomic E-state index is 13.1. The van der Waals surface area contributed by atoms with Crippen molar-refractivity contribution in [3.8, 4) is 0 Å². The Bertz CT molecular complexity index is 716. The van der Waals surface area contributed by atoms with E-state index >= 15 is 0 Å². The molecular weight excluding hydrogens is 333 g/mol. The molecule has 0 aliphatic rings. The first kappa shape index (κ1) is 14.0. The molecule has 0 bridgehead atoms. The number of hydrogen-bond acceptors (Lipinski definition) is 2. The van der Waals surface area contributed by atoms with Crippen LogP contribution in [0.5, 0.6) is 0 Å². The molecule has 0 aromatic heterocycles. The van der Waals surface area contributed by atoms with Crippen molar-refractivity contribution in [2.45, 2.75) is 11.8 Å². The molecule has 2 rings (SSSR count). The lowest BCUT2D eigenvalue weighted by Crippen LogP contribution is -2.14. The summed E-state index contributed by atoms with van der Waals surface area (Å²) in [6.07, 6.45) is 0. The second kappa shape index (κ2) is 5.30. The molecule has 0 spiro atoms. The van der Waals surface area contributed by atoms with E-state index < -0.39 is 15.8 Å². The smallest absolute Gasteiger partial charge is 0.262 e. The maximum absolute atomic E-state index is 13.1. The standard InChI is InChI=1S/C13H11BrFNO2S/c1-9-4-2-3-5-13(9)19(17,18)16-10-6-7-12(15)11(14)8-10/h2-8,16H,1H3. The predicted octanol–water partition coefficient (Wildman–Crippen LogP) is 3.70. The third kappa shape index (κ3) is 3.13. The average Bonchev–Trinajstić information content (AvgIpc) is 2.34. The lowest BCUT2D eigenvalue weighted by molar-refractivity contribution is 0.600. The van der Waals surface area contributed by atoms with Crippen LogP contribution in [0.25, 0.3) is 0 Å². The van der Waals surface area contributed by atoms with Gasteiger partial charge in [0.1, 0.15) is 5.82 Å². The topological polar surface area (TPSA) is 46.2 Å². The van der Waals surface area contributed by atoms with Gasteiger partial charge >= 0.3 is 0 Å². The molecule has 0 fully saturated rings. The molecule has 1 N–H and O–H groups in total. The van der Waals surface area contributed by atoms with Crippen LogP contribution in [0.4, 0.5) is 10.1 Å². The number of halogens is 2. The van der Waals surface area contributed by atoms with Crippen LogP contribution in [0.3, 0.4) is 0 Å². The zero-order valence-electron chi connectivity index (χ0n) is 10.0. The highest BCUT2D eigenvalue weighted by Crippen LogP contribution is 2.23. The lowest BCUT2D eigenvalue weighted by Gasteiger charge is -2.10. The van der Waals surface area contributed by atoms with Crippen molar-refractivity contribution in [3.63, 3.8) is 0 Å². The largest absolute Gasteiger partial charge is 0.280 e. The maximum Gasteiger partial charge on any atom is 0.262 e. The number of sulfonamides is 1. The minimum atomic E-state index is -3.67. The van der Waals surface area contributed by atoms with Crippen LogP contribution in [0, 0.1) is 12.7 Å². The fraction of sp³-hybridized carbons (Fsp3) is 0.0769. The summed E-state index contributed by atoms with van der Waals surface area (Å²) in [6, 6.07) is 10.6. The lowest BCUT2D eigenvalue weighted by atomic mass is 10.2. The second-order valence-electron chi connectivity index (χ2n) is 4.00. The Morgan fingerprint density at radius 3 is 2.47 bits per heavy atom. The first-order chi connectivity index (χ1) is 8.90. The van der Waals surface area contributed by atoms with E-state index in [0.717, 1.165) is 0 Å². The minimum Gasteiger partial charge on any atom is -0.280 e. The van der Waals surface area contributed by atoms with E-state index in [-0.39, 0.29) is 9.37 Å². The van der Waals surface area contributed by atoms with Crippen molar-refractivity contribution in [1.29, 1.82) is 0 Å². The number of rotatable bonds is 3. The molecule has 19 heavy (non-hydrogen) atoms. The molecular formula is C13H11BrFNO2S. The number of nitrogens with one attached hydrogen (secondary N) is 1. The van der Waals surface area contributed by atoms with Crippen molar-refractivity contribution >= 4 is 31.6 Å². The van der Waals surface area contributed by atoms with Gasteiger partial charge in [0.25, 0.3) is 10.0 Å². The van der Waals surface area contributed by atoms with E-state index in [1.54, 1.807) is 25.1 Å². The van der Waals surface area contributed by atoms with Gasteiger partial charge in [-0.2, -0.15) is 0 Å². The zero-order valence-corrected chi connectivity index (χ0v) is 12.4. The highest BCUT2D eigenvalue weighted by atomic mass is 79.9. The summed E-state index contributed by atoms with van der Waals surface area (Å²) < 4.78 is 40.1. The highest BCUT2D eigenvalue weighted by Gasteiger charge is 2.16. The van der Waals surface area contributed by atoms with E-state index in [1.807, 2.05) is 0 Å². The Labute approximate surface area is 119 Å². The molecule has 0 amide bonds. The molecule has 0 atom stereocenters. The minimum absolute atomic E-state index is 0.204. The van der Waals surface area contributed by atoms with Crippen molar-refractivity contribution < 1.29 is 12.8 Å². The Morgan fingerprint density at radius 2 is 1.84 bits per heavy atom. The summed E-state index contributed by atoms with van der Waals surface area (Å²) in [5.41, 5.74) is 0.952. The highest BCUT2D eigenvalue weighted by molar-refractivity contribution is 9.10. The molecule has 0 aliphatic heterocycles. The van der Waals surface area contributed by atoms with Gasteiger partial charge < -0.3 is 0 Å². The normalized spacial score (nSPS) is 11.3. The first-order valence-corrected chi connectivity index (χ1v) is 7.71. The fourth-order valence-electron chi connectivity index (χ4n) is 1.63. The van der Waals surface area contributed by atoms with Crippen molar-refractivity contribution in [2.75, 3.05) is 4.72 Å². The van der Waals surface area contributed by atoms with Crippen LogP contribution in [0.1, 0.15) is 5.56 Å². The summed E-state index contributed by atoms with van der Waals surface area (Å²) in [7, 11) is -3.67. The van der Waals surface area contributed by atoms with E-state index in [4.69, 9.17) is 0 Å². The van der Waals surface area contributed by atoms with Crippen LogP contribution < -0.4 is 4.72 Å².